The molecule has 0 aliphatic carbocycles. The third-order valence-electron chi connectivity index (χ3n) is 2.74. The highest BCUT2D eigenvalue weighted by molar-refractivity contribution is 9.10. The van der Waals surface area contributed by atoms with Crippen molar-refractivity contribution in [1.29, 1.82) is 0 Å². The average molecular weight is 353 g/mol. The van der Waals surface area contributed by atoms with E-state index >= 15 is 0 Å². The number of benzene rings is 2. The Morgan fingerprint density at radius 1 is 1.25 bits per heavy atom. The molecule has 0 unspecified atom stereocenters. The molecule has 1 N–H and O–H groups in total. The summed E-state index contributed by atoms with van der Waals surface area (Å²) in [5, 5.41) is 9.04. The Hall–Kier alpha value is -1.46. The molecule has 0 atom stereocenters. The minimum absolute atomic E-state index is 0.275. The molecule has 5 heteroatoms. The number of hydrogen-bond donors (Lipinski definition) is 1. The lowest BCUT2D eigenvalue weighted by Crippen LogP contribution is -1.99. The van der Waals surface area contributed by atoms with E-state index in [-0.39, 0.29) is 5.56 Å². The molecule has 0 aliphatic rings. The molecule has 2 aromatic rings. The largest absolute Gasteiger partial charge is 0.496 e. The minimum atomic E-state index is -0.928. The van der Waals surface area contributed by atoms with Crippen molar-refractivity contribution in [3.05, 3.63) is 58.1 Å². The molecule has 0 aromatic heterocycles. The summed E-state index contributed by atoms with van der Waals surface area (Å²) in [5.74, 6) is 0.438. The van der Waals surface area contributed by atoms with Gasteiger partial charge in [0.25, 0.3) is 0 Å². The second kappa shape index (κ2) is 6.81. The van der Waals surface area contributed by atoms with Crippen molar-refractivity contribution >= 4 is 33.7 Å². The van der Waals surface area contributed by atoms with Gasteiger partial charge in [-0.2, -0.15) is 0 Å². The second-order valence-electron chi connectivity index (χ2n) is 4.07. The molecular weight excluding hydrogens is 340 g/mol. The van der Waals surface area contributed by atoms with Crippen LogP contribution in [0.2, 0.25) is 0 Å². The van der Waals surface area contributed by atoms with Gasteiger partial charge in [-0.3, -0.25) is 0 Å². The van der Waals surface area contributed by atoms with Gasteiger partial charge >= 0.3 is 5.97 Å². The highest BCUT2D eigenvalue weighted by Crippen LogP contribution is 2.29. The van der Waals surface area contributed by atoms with Gasteiger partial charge in [0.05, 0.1) is 12.7 Å². The summed E-state index contributed by atoms with van der Waals surface area (Å²) in [7, 11) is 1.59. The molecule has 0 spiro atoms. The van der Waals surface area contributed by atoms with E-state index in [0.29, 0.717) is 11.5 Å². The Bertz CT molecular complexity index is 611. The number of aromatic carboxylic acids is 1. The number of halogens is 1. The van der Waals surface area contributed by atoms with Gasteiger partial charge < -0.3 is 9.84 Å². The topological polar surface area (TPSA) is 46.5 Å². The van der Waals surface area contributed by atoms with Crippen LogP contribution in [0.4, 0.5) is 0 Å². The van der Waals surface area contributed by atoms with Gasteiger partial charge in [0.15, 0.2) is 0 Å². The Balaban J connectivity index is 2.16. The Morgan fingerprint density at radius 2 is 1.95 bits per heavy atom. The number of thioether (sulfide) groups is 1. The first-order chi connectivity index (χ1) is 9.60. The van der Waals surface area contributed by atoms with E-state index in [4.69, 9.17) is 9.84 Å². The van der Waals surface area contributed by atoms with Crippen LogP contribution < -0.4 is 4.74 Å². The maximum absolute atomic E-state index is 11.0. The first kappa shape index (κ1) is 14.9. The molecule has 0 bridgehead atoms. The third kappa shape index (κ3) is 3.77. The molecule has 3 nitrogen and oxygen atoms in total. The minimum Gasteiger partial charge on any atom is -0.496 e. The maximum atomic E-state index is 11.0. The summed E-state index contributed by atoms with van der Waals surface area (Å²) in [4.78, 5) is 12.1. The maximum Gasteiger partial charge on any atom is 0.335 e. The lowest BCUT2D eigenvalue weighted by molar-refractivity contribution is 0.0696. The van der Waals surface area contributed by atoms with E-state index in [1.54, 1.807) is 37.1 Å². The van der Waals surface area contributed by atoms with Crippen LogP contribution in [-0.2, 0) is 5.75 Å². The smallest absolute Gasteiger partial charge is 0.335 e. The van der Waals surface area contributed by atoms with E-state index in [2.05, 4.69) is 15.9 Å². The zero-order chi connectivity index (χ0) is 14.5. The predicted molar refractivity (Wildman–Crippen MR) is 83.7 cm³/mol. The fourth-order valence-corrected chi connectivity index (χ4v) is 2.86. The number of carbonyl (C=O) groups is 1. The molecule has 2 rings (SSSR count). The predicted octanol–water partition coefficient (Wildman–Crippen LogP) is 4.45. The van der Waals surface area contributed by atoms with E-state index < -0.39 is 5.97 Å². The van der Waals surface area contributed by atoms with Crippen molar-refractivity contribution in [2.75, 3.05) is 7.11 Å². The van der Waals surface area contributed by atoms with Gasteiger partial charge in [0.2, 0.25) is 0 Å². The standard InChI is InChI=1S/C15H13BrO3S/c1-19-14-7-2-10(15(17)18)8-11(14)9-20-13-5-3-12(16)4-6-13/h2-8H,9H2,1H3,(H,17,18). The molecule has 0 saturated heterocycles. The SMILES string of the molecule is COc1ccc(C(=O)O)cc1CSc1ccc(Br)cc1. The zero-order valence-corrected chi connectivity index (χ0v) is 13.2. The summed E-state index contributed by atoms with van der Waals surface area (Å²) in [6.07, 6.45) is 0. The van der Waals surface area contributed by atoms with E-state index in [1.807, 2.05) is 24.3 Å². The van der Waals surface area contributed by atoms with Crippen LogP contribution in [0.3, 0.4) is 0 Å². The second-order valence-corrected chi connectivity index (χ2v) is 6.04. The highest BCUT2D eigenvalue weighted by atomic mass is 79.9. The van der Waals surface area contributed by atoms with Crippen molar-refractivity contribution in [1.82, 2.24) is 0 Å². The van der Waals surface area contributed by atoms with Gasteiger partial charge in [0, 0.05) is 20.7 Å². The van der Waals surface area contributed by atoms with Gasteiger partial charge in [-0.15, -0.1) is 11.8 Å². The highest BCUT2D eigenvalue weighted by Gasteiger charge is 2.09. The number of carboxylic acids is 1. The van der Waals surface area contributed by atoms with Crippen molar-refractivity contribution in [3.8, 4) is 5.75 Å². The van der Waals surface area contributed by atoms with Gasteiger partial charge in [-0.1, -0.05) is 15.9 Å². The zero-order valence-electron chi connectivity index (χ0n) is 10.8. The van der Waals surface area contributed by atoms with Crippen LogP contribution in [0.25, 0.3) is 0 Å². The fraction of sp³-hybridized carbons (Fsp3) is 0.133. The fourth-order valence-electron chi connectivity index (χ4n) is 1.72. The molecular formula is C15H13BrO3S. The normalized spacial score (nSPS) is 10.3. The van der Waals surface area contributed by atoms with Crippen LogP contribution in [0.15, 0.2) is 51.8 Å². The van der Waals surface area contributed by atoms with Crippen molar-refractivity contribution in [2.24, 2.45) is 0 Å². The van der Waals surface area contributed by atoms with E-state index in [0.717, 1.165) is 14.9 Å². The van der Waals surface area contributed by atoms with Crippen LogP contribution in [-0.4, -0.2) is 18.2 Å². The number of hydrogen-bond acceptors (Lipinski definition) is 3. The summed E-state index contributed by atoms with van der Waals surface area (Å²) < 4.78 is 6.31. The summed E-state index contributed by atoms with van der Waals surface area (Å²) in [5.41, 5.74) is 1.15. The molecule has 0 saturated carbocycles. The summed E-state index contributed by atoms with van der Waals surface area (Å²) in [6.45, 7) is 0. The van der Waals surface area contributed by atoms with Crippen molar-refractivity contribution in [3.63, 3.8) is 0 Å². The van der Waals surface area contributed by atoms with E-state index in [1.165, 1.54) is 0 Å². The molecule has 0 radical (unpaired) electrons. The summed E-state index contributed by atoms with van der Waals surface area (Å²) >= 11 is 5.03. The lowest BCUT2D eigenvalue weighted by Gasteiger charge is -2.09. The van der Waals surface area contributed by atoms with E-state index in [9.17, 15) is 4.79 Å². The number of carboxylic acid groups (broad SMARTS) is 1. The van der Waals surface area contributed by atoms with Crippen LogP contribution >= 0.6 is 27.7 Å². The van der Waals surface area contributed by atoms with Gasteiger partial charge in [-0.05, 0) is 42.5 Å². The average Bonchev–Trinajstić information content (AvgIpc) is 2.46. The van der Waals surface area contributed by atoms with Gasteiger partial charge in [-0.25, -0.2) is 4.79 Å². The number of methoxy groups -OCH3 is 1. The van der Waals surface area contributed by atoms with Crippen molar-refractivity contribution in [2.45, 2.75) is 10.6 Å². The number of rotatable bonds is 5. The molecule has 20 heavy (non-hydrogen) atoms. The molecule has 0 fully saturated rings. The summed E-state index contributed by atoms with van der Waals surface area (Å²) in [6, 6.07) is 12.9. The molecule has 2 aromatic carbocycles. The van der Waals surface area contributed by atoms with Crippen LogP contribution in [0.5, 0.6) is 5.75 Å². The van der Waals surface area contributed by atoms with Gasteiger partial charge in [0.1, 0.15) is 5.75 Å². The quantitative estimate of drug-likeness (QED) is 0.807. The van der Waals surface area contributed by atoms with Crippen LogP contribution in [0.1, 0.15) is 15.9 Å². The molecule has 104 valence electrons. The number of ether oxygens (including phenoxy) is 1. The molecule has 0 aliphatic heterocycles. The Kier molecular flexibility index (Phi) is 5.09. The first-order valence-corrected chi connectivity index (χ1v) is 7.66. The lowest BCUT2D eigenvalue weighted by atomic mass is 10.1. The first-order valence-electron chi connectivity index (χ1n) is 5.88. The Labute approximate surface area is 130 Å². The molecule has 0 amide bonds. The van der Waals surface area contributed by atoms with Crippen LogP contribution in [0, 0.1) is 0 Å². The van der Waals surface area contributed by atoms with Crippen molar-refractivity contribution < 1.29 is 14.6 Å². The Morgan fingerprint density at radius 3 is 2.55 bits per heavy atom. The monoisotopic (exact) mass is 352 g/mol. The third-order valence-corrected chi connectivity index (χ3v) is 4.32. The molecule has 0 heterocycles.